The van der Waals surface area contributed by atoms with Crippen molar-refractivity contribution in [2.45, 2.75) is 53.2 Å². The van der Waals surface area contributed by atoms with Gasteiger partial charge in [-0.05, 0) is 56.9 Å². The lowest BCUT2D eigenvalue weighted by molar-refractivity contribution is 0.0364. The molecule has 0 amide bonds. The second-order valence-electron chi connectivity index (χ2n) is 9.36. The Labute approximate surface area is 212 Å². The number of fused-ring (bicyclic) bond motifs is 1. The van der Waals surface area contributed by atoms with Crippen LogP contribution in [-0.2, 0) is 13.0 Å². The summed E-state index contributed by atoms with van der Waals surface area (Å²) in [6, 6.07) is 8.93. The quantitative estimate of drug-likeness (QED) is 0.578. The predicted octanol–water partition coefficient (Wildman–Crippen LogP) is 5.28. The maximum atomic E-state index is 6.57. The van der Waals surface area contributed by atoms with Crippen molar-refractivity contribution in [3.63, 3.8) is 0 Å². The molecule has 1 atom stereocenters. The Balaban J connectivity index is 0.00000171. The molecule has 180 valence electrons. The topological polar surface area (TPSA) is 41.7 Å². The highest BCUT2D eigenvalue weighted by atomic mass is 35.5. The van der Waals surface area contributed by atoms with E-state index >= 15 is 0 Å². The molecule has 1 fully saturated rings. The summed E-state index contributed by atoms with van der Waals surface area (Å²) < 4.78 is 6.57. The lowest BCUT2D eigenvalue weighted by atomic mass is 9.91. The van der Waals surface area contributed by atoms with Gasteiger partial charge in [-0.2, -0.15) is 0 Å². The van der Waals surface area contributed by atoms with E-state index in [0.717, 1.165) is 62.7 Å². The Morgan fingerprint density at radius 1 is 0.844 bits per heavy atom. The van der Waals surface area contributed by atoms with E-state index in [4.69, 9.17) is 10.5 Å². The van der Waals surface area contributed by atoms with Crippen molar-refractivity contribution in [2.24, 2.45) is 0 Å². The molecule has 2 aromatic carbocycles. The van der Waals surface area contributed by atoms with Gasteiger partial charge in [-0.1, -0.05) is 29.8 Å². The zero-order chi connectivity index (χ0) is 20.8. The molecule has 0 aromatic heterocycles. The molecule has 7 heteroatoms. The van der Waals surface area contributed by atoms with Gasteiger partial charge in [0, 0.05) is 56.9 Å². The number of ether oxygens (including phenoxy) is 1. The van der Waals surface area contributed by atoms with Gasteiger partial charge in [0.25, 0.3) is 0 Å². The molecule has 2 heterocycles. The first-order valence-electron chi connectivity index (χ1n) is 10.8. The second kappa shape index (κ2) is 11.3. The van der Waals surface area contributed by atoms with E-state index in [1.165, 1.54) is 27.8 Å². The van der Waals surface area contributed by atoms with Crippen LogP contribution in [0, 0.1) is 27.7 Å². The normalized spacial score (nSPS) is 20.4. The standard InChI is InChI=1S/C25H35N3O.3ClH/c1-17-6-8-21(9-7-17)15-27-10-12-28(13-11-27)16-25(5)14-22-20(4)23(26)18(2)19(3)24(22)29-25;;;/h6-9H,10-16,26H2,1-5H3;3*1H. The van der Waals surface area contributed by atoms with E-state index < -0.39 is 0 Å². The van der Waals surface area contributed by atoms with Crippen LogP contribution in [0.2, 0.25) is 0 Å². The van der Waals surface area contributed by atoms with Crippen molar-refractivity contribution < 1.29 is 4.74 Å². The monoisotopic (exact) mass is 501 g/mol. The number of nitrogens with zero attached hydrogens (tertiary/aromatic N) is 2. The summed E-state index contributed by atoms with van der Waals surface area (Å²) in [5.74, 6) is 1.08. The summed E-state index contributed by atoms with van der Waals surface area (Å²) in [6.07, 6.45) is 0.947. The third-order valence-electron chi connectivity index (χ3n) is 6.89. The minimum absolute atomic E-state index is 0. The van der Waals surface area contributed by atoms with Crippen LogP contribution < -0.4 is 10.5 Å². The van der Waals surface area contributed by atoms with Crippen LogP contribution in [0.3, 0.4) is 0 Å². The fourth-order valence-corrected chi connectivity index (χ4v) is 4.84. The number of nitrogen functional groups attached to an aromatic ring is 1. The first kappa shape index (κ1) is 28.9. The average molecular weight is 503 g/mol. The molecule has 4 nitrogen and oxygen atoms in total. The molecule has 1 unspecified atom stereocenters. The van der Waals surface area contributed by atoms with Crippen molar-refractivity contribution >= 4 is 42.9 Å². The Morgan fingerprint density at radius 2 is 1.41 bits per heavy atom. The first-order valence-corrected chi connectivity index (χ1v) is 10.8. The lowest BCUT2D eigenvalue weighted by Gasteiger charge is -2.38. The molecule has 4 rings (SSSR count). The van der Waals surface area contributed by atoms with Gasteiger partial charge in [0.1, 0.15) is 11.4 Å². The molecule has 2 N–H and O–H groups in total. The van der Waals surface area contributed by atoms with Crippen LogP contribution in [0.1, 0.15) is 40.3 Å². The average Bonchev–Trinajstić information content (AvgIpc) is 3.06. The number of halogens is 3. The molecular formula is C25H38Cl3N3O. The Hall–Kier alpha value is -1.17. The number of aryl methyl sites for hydroxylation is 1. The highest BCUT2D eigenvalue weighted by molar-refractivity contribution is 5.86. The molecule has 2 aromatic rings. The number of hydrogen-bond acceptors (Lipinski definition) is 4. The summed E-state index contributed by atoms with van der Waals surface area (Å²) in [7, 11) is 0. The smallest absolute Gasteiger partial charge is 0.127 e. The number of hydrogen-bond donors (Lipinski definition) is 1. The Kier molecular flexibility index (Phi) is 10.2. The van der Waals surface area contributed by atoms with Crippen molar-refractivity contribution in [2.75, 3.05) is 38.5 Å². The highest BCUT2D eigenvalue weighted by Crippen LogP contribution is 2.43. The fourth-order valence-electron chi connectivity index (χ4n) is 4.84. The molecule has 0 aliphatic carbocycles. The number of rotatable bonds is 4. The largest absolute Gasteiger partial charge is 0.485 e. The first-order chi connectivity index (χ1) is 13.8. The summed E-state index contributed by atoms with van der Waals surface area (Å²) in [6.45, 7) is 17.2. The summed E-state index contributed by atoms with van der Waals surface area (Å²) in [4.78, 5) is 5.13. The maximum Gasteiger partial charge on any atom is 0.127 e. The number of anilines is 1. The molecule has 2 aliphatic rings. The molecule has 2 aliphatic heterocycles. The SMILES string of the molecule is Cc1ccc(CN2CCN(CC3(C)Cc4c(C)c(N)c(C)c(C)c4O3)CC2)cc1.Cl.Cl.Cl. The van der Waals surface area contributed by atoms with E-state index in [1.807, 2.05) is 0 Å². The number of benzene rings is 2. The lowest BCUT2D eigenvalue weighted by Crippen LogP contribution is -2.52. The number of nitrogens with two attached hydrogens (primary N) is 1. The van der Waals surface area contributed by atoms with Gasteiger partial charge < -0.3 is 10.5 Å². The van der Waals surface area contributed by atoms with Crippen molar-refractivity contribution in [3.05, 3.63) is 57.6 Å². The minimum Gasteiger partial charge on any atom is -0.485 e. The molecule has 0 spiro atoms. The van der Waals surface area contributed by atoms with E-state index in [2.05, 4.69) is 68.7 Å². The van der Waals surface area contributed by atoms with Gasteiger partial charge in [-0.3, -0.25) is 9.80 Å². The molecule has 32 heavy (non-hydrogen) atoms. The third kappa shape index (κ3) is 5.84. The van der Waals surface area contributed by atoms with Gasteiger partial charge in [0.05, 0.1) is 0 Å². The third-order valence-corrected chi connectivity index (χ3v) is 6.89. The summed E-state index contributed by atoms with van der Waals surface area (Å²) in [5.41, 5.74) is 14.7. The summed E-state index contributed by atoms with van der Waals surface area (Å²) in [5, 5.41) is 0. The van der Waals surface area contributed by atoms with Crippen LogP contribution >= 0.6 is 37.2 Å². The van der Waals surface area contributed by atoms with E-state index in [-0.39, 0.29) is 42.8 Å². The van der Waals surface area contributed by atoms with Crippen LogP contribution in [0.15, 0.2) is 24.3 Å². The van der Waals surface area contributed by atoms with Gasteiger partial charge in [0.15, 0.2) is 0 Å². The zero-order valence-corrected chi connectivity index (χ0v) is 22.3. The van der Waals surface area contributed by atoms with Gasteiger partial charge in [-0.15, -0.1) is 37.2 Å². The maximum absolute atomic E-state index is 6.57. The second-order valence-corrected chi connectivity index (χ2v) is 9.36. The zero-order valence-electron chi connectivity index (χ0n) is 19.9. The Morgan fingerprint density at radius 3 is 2.00 bits per heavy atom. The molecule has 0 bridgehead atoms. The molecule has 0 saturated carbocycles. The minimum atomic E-state index is -0.169. The number of piperazine rings is 1. The van der Waals surface area contributed by atoms with Crippen molar-refractivity contribution in [3.8, 4) is 5.75 Å². The van der Waals surface area contributed by atoms with Crippen LogP contribution in [0.4, 0.5) is 5.69 Å². The van der Waals surface area contributed by atoms with E-state index in [9.17, 15) is 0 Å². The molecule has 1 saturated heterocycles. The highest BCUT2D eigenvalue weighted by Gasteiger charge is 2.39. The van der Waals surface area contributed by atoms with Gasteiger partial charge in [0.2, 0.25) is 0 Å². The van der Waals surface area contributed by atoms with Crippen LogP contribution in [0.5, 0.6) is 5.75 Å². The van der Waals surface area contributed by atoms with E-state index in [0.29, 0.717) is 0 Å². The summed E-state index contributed by atoms with van der Waals surface area (Å²) >= 11 is 0. The van der Waals surface area contributed by atoms with Crippen LogP contribution in [-0.4, -0.2) is 48.1 Å². The fraction of sp³-hybridized carbons (Fsp3) is 0.520. The van der Waals surface area contributed by atoms with E-state index in [1.54, 1.807) is 0 Å². The van der Waals surface area contributed by atoms with Gasteiger partial charge >= 0.3 is 0 Å². The van der Waals surface area contributed by atoms with Gasteiger partial charge in [-0.25, -0.2) is 0 Å². The molecular weight excluding hydrogens is 465 g/mol. The predicted molar refractivity (Wildman–Crippen MR) is 142 cm³/mol. The van der Waals surface area contributed by atoms with Crippen LogP contribution in [0.25, 0.3) is 0 Å². The Bertz CT molecular complexity index is 873. The molecule has 0 radical (unpaired) electrons. The van der Waals surface area contributed by atoms with Crippen molar-refractivity contribution in [1.29, 1.82) is 0 Å². The van der Waals surface area contributed by atoms with Crippen molar-refractivity contribution in [1.82, 2.24) is 9.80 Å².